The number of carbonyl (C=O) groups is 1. The number of amides is 1. The van der Waals surface area contributed by atoms with Crippen molar-refractivity contribution in [2.45, 2.75) is 6.42 Å². The number of aromatic nitrogens is 2. The van der Waals surface area contributed by atoms with Crippen LogP contribution in [0.4, 0.5) is 0 Å². The summed E-state index contributed by atoms with van der Waals surface area (Å²) in [5, 5.41) is 0. The van der Waals surface area contributed by atoms with Crippen LogP contribution < -0.4 is 5.73 Å². The lowest BCUT2D eigenvalue weighted by atomic mass is 10.4. The van der Waals surface area contributed by atoms with Crippen LogP contribution in [-0.2, 0) is 4.79 Å². The van der Waals surface area contributed by atoms with Crippen molar-refractivity contribution in [1.29, 1.82) is 0 Å². The lowest BCUT2D eigenvalue weighted by molar-refractivity contribution is -0.117. The molecule has 0 spiro atoms. The first-order chi connectivity index (χ1) is 5.79. The van der Waals surface area contributed by atoms with Crippen LogP contribution >= 0.6 is 0 Å². The third-order valence-corrected chi connectivity index (χ3v) is 1.03. The number of hydrogen-bond acceptors (Lipinski definition) is 3. The first-order valence-corrected chi connectivity index (χ1v) is 3.33. The number of primary amides is 1. The van der Waals surface area contributed by atoms with Gasteiger partial charge >= 0.3 is 0 Å². The minimum Gasteiger partial charge on any atom is -0.369 e. The molecule has 1 aromatic heterocycles. The van der Waals surface area contributed by atoms with Gasteiger partial charge in [-0.15, -0.1) is 0 Å². The Balaban J connectivity index is 2.61. The number of rotatable bonds is 1. The summed E-state index contributed by atoms with van der Waals surface area (Å²) in [6.07, 6.45) is 3.21. The van der Waals surface area contributed by atoms with E-state index in [1.807, 2.05) is 0 Å². The summed E-state index contributed by atoms with van der Waals surface area (Å²) < 4.78 is 0. The Morgan fingerprint density at radius 2 is 2.17 bits per heavy atom. The van der Waals surface area contributed by atoms with Crippen molar-refractivity contribution in [3.05, 3.63) is 24.3 Å². The van der Waals surface area contributed by atoms with E-state index in [9.17, 15) is 4.79 Å². The van der Waals surface area contributed by atoms with Gasteiger partial charge in [0.1, 0.15) is 0 Å². The van der Waals surface area contributed by atoms with Gasteiger partial charge in [0.2, 0.25) is 11.7 Å². The molecule has 1 amide bonds. The van der Waals surface area contributed by atoms with E-state index in [1.54, 1.807) is 18.5 Å². The average Bonchev–Trinajstić information content (AvgIpc) is 2.05. The van der Waals surface area contributed by atoms with Crippen LogP contribution in [0, 0.1) is 11.8 Å². The van der Waals surface area contributed by atoms with E-state index in [-0.39, 0.29) is 6.42 Å². The third kappa shape index (κ3) is 2.80. The van der Waals surface area contributed by atoms with Crippen molar-refractivity contribution in [3.63, 3.8) is 0 Å². The second kappa shape index (κ2) is 4.09. The zero-order valence-electron chi connectivity index (χ0n) is 6.32. The van der Waals surface area contributed by atoms with Gasteiger partial charge in [-0.2, -0.15) is 0 Å². The van der Waals surface area contributed by atoms with E-state index in [2.05, 4.69) is 21.8 Å². The predicted molar refractivity (Wildman–Crippen MR) is 42.7 cm³/mol. The van der Waals surface area contributed by atoms with E-state index in [0.717, 1.165) is 0 Å². The summed E-state index contributed by atoms with van der Waals surface area (Å²) in [6, 6.07) is 1.69. The number of nitrogens with zero attached hydrogens (tertiary/aromatic N) is 2. The number of carbonyl (C=O) groups excluding carboxylic acids is 1. The van der Waals surface area contributed by atoms with Crippen LogP contribution in [0.15, 0.2) is 18.5 Å². The van der Waals surface area contributed by atoms with Crippen LogP contribution in [0.5, 0.6) is 0 Å². The van der Waals surface area contributed by atoms with Gasteiger partial charge in [0.15, 0.2) is 0 Å². The van der Waals surface area contributed by atoms with E-state index in [0.29, 0.717) is 5.82 Å². The predicted octanol–water partition coefficient (Wildman–Crippen LogP) is -0.297. The molecule has 4 nitrogen and oxygen atoms in total. The summed E-state index contributed by atoms with van der Waals surface area (Å²) in [6.45, 7) is 0. The normalized spacial score (nSPS) is 8.33. The van der Waals surface area contributed by atoms with Crippen LogP contribution in [0.2, 0.25) is 0 Å². The maximum Gasteiger partial charge on any atom is 0.229 e. The van der Waals surface area contributed by atoms with Crippen molar-refractivity contribution in [2.75, 3.05) is 0 Å². The Morgan fingerprint density at radius 3 is 2.75 bits per heavy atom. The SMILES string of the molecule is NC(=O)CC#Cc1ncccn1. The molecule has 4 heteroatoms. The van der Waals surface area contributed by atoms with Crippen molar-refractivity contribution in [3.8, 4) is 11.8 Å². The van der Waals surface area contributed by atoms with E-state index < -0.39 is 5.91 Å². The standard InChI is InChI=1S/C8H7N3O/c9-7(12)3-1-4-8-10-5-2-6-11-8/h2,5-6H,3H2,(H2,9,12). The molecule has 0 saturated heterocycles. The molecule has 0 saturated carbocycles. The van der Waals surface area contributed by atoms with Crippen LogP contribution in [0.3, 0.4) is 0 Å². The van der Waals surface area contributed by atoms with Gasteiger partial charge in [0.05, 0.1) is 6.42 Å². The molecule has 1 heterocycles. The van der Waals surface area contributed by atoms with Gasteiger partial charge in [-0.3, -0.25) is 4.79 Å². The molecular weight excluding hydrogens is 154 g/mol. The van der Waals surface area contributed by atoms with Gasteiger partial charge in [0.25, 0.3) is 0 Å². The summed E-state index contributed by atoms with van der Waals surface area (Å²) in [7, 11) is 0. The number of nitrogens with two attached hydrogens (primary N) is 1. The topological polar surface area (TPSA) is 68.9 Å². The highest BCUT2D eigenvalue weighted by atomic mass is 16.1. The third-order valence-electron chi connectivity index (χ3n) is 1.03. The molecule has 12 heavy (non-hydrogen) atoms. The minimum atomic E-state index is -0.446. The monoisotopic (exact) mass is 161 g/mol. The largest absolute Gasteiger partial charge is 0.369 e. The molecule has 0 radical (unpaired) electrons. The summed E-state index contributed by atoms with van der Waals surface area (Å²) in [5.41, 5.74) is 4.87. The van der Waals surface area contributed by atoms with Crippen LogP contribution in [-0.4, -0.2) is 15.9 Å². The molecule has 0 atom stereocenters. The molecular formula is C8H7N3O. The van der Waals surface area contributed by atoms with Gasteiger partial charge in [0, 0.05) is 12.4 Å². The summed E-state index contributed by atoms with van der Waals surface area (Å²) in [4.78, 5) is 17.9. The molecule has 60 valence electrons. The van der Waals surface area contributed by atoms with Gasteiger partial charge in [-0.05, 0) is 12.0 Å². The highest BCUT2D eigenvalue weighted by Crippen LogP contribution is 1.83. The first-order valence-electron chi connectivity index (χ1n) is 3.33. The Hall–Kier alpha value is -1.89. The molecule has 0 bridgehead atoms. The zero-order valence-corrected chi connectivity index (χ0v) is 6.32. The second-order valence-electron chi connectivity index (χ2n) is 2.02. The van der Waals surface area contributed by atoms with Gasteiger partial charge < -0.3 is 5.73 Å². The average molecular weight is 161 g/mol. The van der Waals surface area contributed by atoms with Crippen LogP contribution in [0.25, 0.3) is 0 Å². The fourth-order valence-electron chi connectivity index (χ4n) is 0.574. The first kappa shape index (κ1) is 8.21. The maximum atomic E-state index is 10.3. The summed E-state index contributed by atoms with van der Waals surface area (Å²) in [5.74, 6) is 5.11. The minimum absolute atomic E-state index is 0.0399. The highest BCUT2D eigenvalue weighted by Gasteiger charge is 1.87. The molecule has 2 N–H and O–H groups in total. The van der Waals surface area contributed by atoms with Crippen molar-refractivity contribution >= 4 is 5.91 Å². The van der Waals surface area contributed by atoms with Crippen molar-refractivity contribution in [2.24, 2.45) is 5.73 Å². The molecule has 1 aromatic rings. The Labute approximate surface area is 69.8 Å². The molecule has 0 aromatic carbocycles. The van der Waals surface area contributed by atoms with E-state index in [1.165, 1.54) is 0 Å². The smallest absolute Gasteiger partial charge is 0.229 e. The Morgan fingerprint density at radius 1 is 1.50 bits per heavy atom. The second-order valence-corrected chi connectivity index (χ2v) is 2.02. The van der Waals surface area contributed by atoms with Crippen molar-refractivity contribution in [1.82, 2.24) is 9.97 Å². The Bertz CT molecular complexity index is 323. The fourth-order valence-corrected chi connectivity index (χ4v) is 0.574. The quantitative estimate of drug-likeness (QED) is 0.575. The fraction of sp³-hybridized carbons (Fsp3) is 0.125. The molecule has 0 aliphatic heterocycles. The van der Waals surface area contributed by atoms with Crippen molar-refractivity contribution < 1.29 is 4.79 Å². The van der Waals surface area contributed by atoms with E-state index >= 15 is 0 Å². The zero-order chi connectivity index (χ0) is 8.81. The van der Waals surface area contributed by atoms with E-state index in [4.69, 9.17) is 5.73 Å². The molecule has 0 fully saturated rings. The Kier molecular flexibility index (Phi) is 2.79. The maximum absolute atomic E-state index is 10.3. The lowest BCUT2D eigenvalue weighted by Crippen LogP contribution is -2.08. The molecule has 1 rings (SSSR count). The van der Waals surface area contributed by atoms with Gasteiger partial charge in [-0.1, -0.05) is 5.92 Å². The molecule has 0 aliphatic rings. The lowest BCUT2D eigenvalue weighted by Gasteiger charge is -1.84. The number of hydrogen-bond donors (Lipinski definition) is 1. The molecule has 0 aliphatic carbocycles. The van der Waals surface area contributed by atoms with Gasteiger partial charge in [-0.25, -0.2) is 9.97 Å². The van der Waals surface area contributed by atoms with Crippen LogP contribution in [0.1, 0.15) is 12.2 Å². The highest BCUT2D eigenvalue weighted by molar-refractivity contribution is 5.76. The molecule has 0 unspecified atom stereocenters. The summed E-state index contributed by atoms with van der Waals surface area (Å²) >= 11 is 0.